The predicted octanol–water partition coefficient (Wildman–Crippen LogP) is 1.25. The van der Waals surface area contributed by atoms with E-state index in [4.69, 9.17) is 0 Å². The van der Waals surface area contributed by atoms with Crippen LogP contribution in [0, 0.1) is 0 Å². The van der Waals surface area contributed by atoms with Crippen LogP contribution < -0.4 is 5.32 Å². The van der Waals surface area contributed by atoms with E-state index >= 15 is 0 Å². The van der Waals surface area contributed by atoms with Gasteiger partial charge in [-0.25, -0.2) is 0 Å². The molecule has 29 heavy (non-hydrogen) atoms. The van der Waals surface area contributed by atoms with Crippen molar-refractivity contribution in [2.75, 3.05) is 58.9 Å². The highest BCUT2D eigenvalue weighted by molar-refractivity contribution is 5.92. The van der Waals surface area contributed by atoms with Gasteiger partial charge >= 0.3 is 0 Å². The largest absolute Gasteiger partial charge is 0.342 e. The van der Waals surface area contributed by atoms with E-state index in [1.165, 1.54) is 0 Å². The minimum absolute atomic E-state index is 0. The second-order valence-corrected chi connectivity index (χ2v) is 7.67. The molecular formula is C20H35ClN6O2. The van der Waals surface area contributed by atoms with Gasteiger partial charge in [0.15, 0.2) is 0 Å². The van der Waals surface area contributed by atoms with Crippen molar-refractivity contribution in [3.8, 4) is 0 Å². The van der Waals surface area contributed by atoms with E-state index in [2.05, 4.69) is 15.3 Å². The van der Waals surface area contributed by atoms with Gasteiger partial charge in [-0.1, -0.05) is 0 Å². The fourth-order valence-electron chi connectivity index (χ4n) is 4.08. The van der Waals surface area contributed by atoms with E-state index < -0.39 is 0 Å². The Bertz CT molecular complexity index is 657. The summed E-state index contributed by atoms with van der Waals surface area (Å²) < 4.78 is 1.94. The van der Waals surface area contributed by atoms with E-state index in [-0.39, 0.29) is 24.2 Å². The van der Waals surface area contributed by atoms with Crippen molar-refractivity contribution in [2.24, 2.45) is 0 Å². The third-order valence-corrected chi connectivity index (χ3v) is 5.82. The van der Waals surface area contributed by atoms with E-state index in [0.29, 0.717) is 31.4 Å². The van der Waals surface area contributed by atoms with Crippen LogP contribution in [0.4, 0.5) is 0 Å². The van der Waals surface area contributed by atoms with Crippen molar-refractivity contribution in [3.63, 3.8) is 0 Å². The minimum atomic E-state index is -0.000520. The number of nitrogens with one attached hydrogen (secondary N) is 1. The summed E-state index contributed by atoms with van der Waals surface area (Å²) in [5, 5.41) is 7.95. The summed E-state index contributed by atoms with van der Waals surface area (Å²) >= 11 is 0. The molecule has 2 aliphatic rings. The highest BCUT2D eigenvalue weighted by Gasteiger charge is 2.24. The van der Waals surface area contributed by atoms with E-state index in [9.17, 15) is 9.59 Å². The Morgan fingerprint density at radius 3 is 2.66 bits per heavy atom. The number of carbonyl (C=O) groups excluding carboxylic acids is 2. The molecule has 2 amide bonds. The van der Waals surface area contributed by atoms with Crippen LogP contribution >= 0.6 is 12.4 Å². The molecule has 0 saturated carbocycles. The molecule has 8 nitrogen and oxygen atoms in total. The fourth-order valence-corrected chi connectivity index (χ4v) is 4.08. The van der Waals surface area contributed by atoms with Crippen molar-refractivity contribution < 1.29 is 9.59 Å². The normalized spacial score (nSPS) is 20.6. The minimum Gasteiger partial charge on any atom is -0.342 e. The molecule has 0 bridgehead atoms. The van der Waals surface area contributed by atoms with E-state index in [1.807, 2.05) is 40.6 Å². The number of amides is 2. The highest BCUT2D eigenvalue weighted by atomic mass is 35.5. The van der Waals surface area contributed by atoms with Crippen LogP contribution in [0.5, 0.6) is 0 Å². The number of nitrogens with zero attached hydrogens (tertiary/aromatic N) is 5. The molecule has 2 saturated heterocycles. The van der Waals surface area contributed by atoms with Gasteiger partial charge in [0.25, 0.3) is 5.91 Å². The summed E-state index contributed by atoms with van der Waals surface area (Å²) in [5.74, 6) is 0.170. The van der Waals surface area contributed by atoms with Crippen LogP contribution in [0.2, 0.25) is 0 Å². The van der Waals surface area contributed by atoms with Crippen molar-refractivity contribution in [3.05, 3.63) is 18.0 Å². The van der Waals surface area contributed by atoms with Gasteiger partial charge < -0.3 is 15.1 Å². The first kappa shape index (κ1) is 23.6. The molecule has 1 aromatic heterocycles. The quantitative estimate of drug-likeness (QED) is 0.741. The van der Waals surface area contributed by atoms with Gasteiger partial charge in [-0.05, 0) is 45.7 Å². The van der Waals surface area contributed by atoms with Gasteiger partial charge in [0.1, 0.15) is 5.69 Å². The number of aromatic nitrogens is 2. The lowest BCUT2D eigenvalue weighted by atomic mass is 10.1. The lowest BCUT2D eigenvalue weighted by Gasteiger charge is -2.25. The van der Waals surface area contributed by atoms with Gasteiger partial charge in [-0.3, -0.25) is 19.2 Å². The molecule has 3 rings (SSSR count). The Balaban J connectivity index is 0.00000300. The monoisotopic (exact) mass is 426 g/mol. The Labute approximate surface area is 180 Å². The molecule has 0 aromatic carbocycles. The van der Waals surface area contributed by atoms with Crippen LogP contribution in [0.1, 0.15) is 49.6 Å². The summed E-state index contributed by atoms with van der Waals surface area (Å²) in [6.45, 7) is 10.8. The fraction of sp³-hybridized carbons (Fsp3) is 0.750. The third kappa shape index (κ3) is 6.17. The summed E-state index contributed by atoms with van der Waals surface area (Å²) in [5.41, 5.74) is 0.526. The van der Waals surface area contributed by atoms with Gasteiger partial charge in [0.05, 0.1) is 12.6 Å². The second kappa shape index (κ2) is 11.5. The Kier molecular flexibility index (Phi) is 9.39. The van der Waals surface area contributed by atoms with Gasteiger partial charge in [-0.15, -0.1) is 12.4 Å². The van der Waals surface area contributed by atoms with Crippen molar-refractivity contribution in [1.29, 1.82) is 0 Å². The standard InChI is InChI=1S/C20H34N6O2.ClH/c1-3-24(4-2)19(27)16-23-10-6-11-25(14-13-23)20(28)18-8-12-26(22-18)17-7-5-9-21-15-17;/h8,12,17,21H,3-7,9-11,13-16H2,1-2H3;1H. The van der Waals surface area contributed by atoms with Crippen molar-refractivity contribution in [1.82, 2.24) is 29.8 Å². The lowest BCUT2D eigenvalue weighted by molar-refractivity contribution is -0.132. The van der Waals surface area contributed by atoms with Crippen LogP contribution in [-0.2, 0) is 4.79 Å². The zero-order valence-electron chi connectivity index (χ0n) is 17.7. The molecular weight excluding hydrogens is 392 g/mol. The van der Waals surface area contributed by atoms with Crippen LogP contribution in [-0.4, -0.2) is 95.2 Å². The van der Waals surface area contributed by atoms with Crippen LogP contribution in [0.3, 0.4) is 0 Å². The Morgan fingerprint density at radius 2 is 1.97 bits per heavy atom. The molecule has 1 aromatic rings. The molecule has 1 N–H and O–H groups in total. The maximum absolute atomic E-state index is 12.9. The molecule has 0 radical (unpaired) electrons. The smallest absolute Gasteiger partial charge is 0.274 e. The molecule has 164 valence electrons. The topological polar surface area (TPSA) is 73.7 Å². The first-order chi connectivity index (χ1) is 13.6. The maximum atomic E-state index is 12.9. The zero-order valence-corrected chi connectivity index (χ0v) is 18.5. The summed E-state index contributed by atoms with van der Waals surface area (Å²) in [7, 11) is 0. The molecule has 3 heterocycles. The molecule has 0 aliphatic carbocycles. The number of likely N-dealkylation sites (N-methyl/N-ethyl adjacent to an activating group) is 1. The number of rotatable bonds is 6. The molecule has 1 unspecified atom stereocenters. The maximum Gasteiger partial charge on any atom is 0.274 e. The zero-order chi connectivity index (χ0) is 19.9. The summed E-state index contributed by atoms with van der Waals surface area (Å²) in [6, 6.07) is 2.17. The number of hydrogen-bond donors (Lipinski definition) is 1. The van der Waals surface area contributed by atoms with Gasteiger partial charge in [0.2, 0.25) is 5.91 Å². The number of hydrogen-bond acceptors (Lipinski definition) is 5. The second-order valence-electron chi connectivity index (χ2n) is 7.67. The van der Waals surface area contributed by atoms with Crippen molar-refractivity contribution >= 4 is 24.2 Å². The molecule has 9 heteroatoms. The van der Waals surface area contributed by atoms with E-state index in [1.54, 1.807) is 0 Å². The predicted molar refractivity (Wildman–Crippen MR) is 116 cm³/mol. The molecule has 2 aliphatic heterocycles. The summed E-state index contributed by atoms with van der Waals surface area (Å²) in [6.07, 6.45) is 5.05. The SMILES string of the molecule is CCN(CC)C(=O)CN1CCCN(C(=O)c2ccn(C3CCCNC3)n2)CC1.Cl. The lowest BCUT2D eigenvalue weighted by Crippen LogP contribution is -2.42. The highest BCUT2D eigenvalue weighted by Crippen LogP contribution is 2.16. The molecule has 2 fully saturated rings. The number of piperidine rings is 1. The number of carbonyl (C=O) groups is 2. The Morgan fingerprint density at radius 1 is 1.17 bits per heavy atom. The average molecular weight is 427 g/mol. The van der Waals surface area contributed by atoms with Gasteiger partial charge in [-0.2, -0.15) is 5.10 Å². The number of halogens is 1. The average Bonchev–Trinajstić information content (AvgIpc) is 3.10. The Hall–Kier alpha value is -1.64. The first-order valence-electron chi connectivity index (χ1n) is 10.7. The molecule has 0 spiro atoms. The van der Waals surface area contributed by atoms with Crippen LogP contribution in [0.25, 0.3) is 0 Å². The first-order valence-corrected chi connectivity index (χ1v) is 10.7. The van der Waals surface area contributed by atoms with Crippen molar-refractivity contribution in [2.45, 2.75) is 39.2 Å². The molecule has 1 atom stereocenters. The van der Waals surface area contributed by atoms with Gasteiger partial charge in [0, 0.05) is 52.0 Å². The van der Waals surface area contributed by atoms with Crippen LogP contribution in [0.15, 0.2) is 12.3 Å². The van der Waals surface area contributed by atoms with E-state index in [0.717, 1.165) is 58.5 Å². The third-order valence-electron chi connectivity index (χ3n) is 5.82. The summed E-state index contributed by atoms with van der Waals surface area (Å²) in [4.78, 5) is 31.2.